The number of aliphatic imine (C=N–C) groups is 1. The summed E-state index contributed by atoms with van der Waals surface area (Å²) in [6.07, 6.45) is 3.03. The molecule has 0 atom stereocenters. The maximum Gasteiger partial charge on any atom is 0.283 e. The summed E-state index contributed by atoms with van der Waals surface area (Å²) >= 11 is 0. The quantitative estimate of drug-likeness (QED) is 0.850. The maximum absolute atomic E-state index is 13.0. The Morgan fingerprint density at radius 3 is 2.72 bits per heavy atom. The summed E-state index contributed by atoms with van der Waals surface area (Å²) in [5.74, 6) is 0.774. The van der Waals surface area contributed by atoms with Gasteiger partial charge in [-0.2, -0.15) is 4.99 Å². The van der Waals surface area contributed by atoms with Gasteiger partial charge in [0.15, 0.2) is 11.7 Å². The Balaban J connectivity index is 1.65. The van der Waals surface area contributed by atoms with Gasteiger partial charge in [0.1, 0.15) is 23.1 Å². The number of amides is 1. The van der Waals surface area contributed by atoms with Crippen LogP contribution in [0.3, 0.4) is 0 Å². The number of hydrogen-bond acceptors (Lipinski definition) is 4. The van der Waals surface area contributed by atoms with Crippen LogP contribution in [-0.2, 0) is 9.63 Å². The summed E-state index contributed by atoms with van der Waals surface area (Å²) in [7, 11) is 0. The topological polar surface area (TPSA) is 78.9 Å². The van der Waals surface area contributed by atoms with Gasteiger partial charge in [0.2, 0.25) is 0 Å². The standard InChI is InChI=1S/C18H12FN3O3/c1-10-8-16-21-18(23)14(17(20)22(16)25-10)9-13-6-7-15(24-13)11-2-4-12(19)5-3-11/h2-9,20H,1H3. The van der Waals surface area contributed by atoms with E-state index in [4.69, 9.17) is 14.7 Å². The number of halogens is 1. The second-order valence-electron chi connectivity index (χ2n) is 5.53. The number of allylic oxidation sites excluding steroid dienone is 1. The van der Waals surface area contributed by atoms with Crippen molar-refractivity contribution in [3.8, 4) is 11.3 Å². The minimum atomic E-state index is -0.537. The molecule has 0 radical (unpaired) electrons. The first-order chi connectivity index (χ1) is 12.0. The predicted octanol–water partition coefficient (Wildman–Crippen LogP) is 3.54. The molecule has 2 aliphatic heterocycles. The fraction of sp³-hybridized carbons (Fsp3) is 0.0556. The summed E-state index contributed by atoms with van der Waals surface area (Å²) in [5.41, 5.74) is 0.769. The molecule has 2 aliphatic rings. The van der Waals surface area contributed by atoms with Crippen LogP contribution in [-0.4, -0.2) is 22.6 Å². The molecule has 0 spiro atoms. The molecule has 0 aliphatic carbocycles. The minimum absolute atomic E-state index is 0.0619. The Labute approximate surface area is 142 Å². The molecule has 0 saturated heterocycles. The van der Waals surface area contributed by atoms with Gasteiger partial charge >= 0.3 is 0 Å². The molecule has 0 saturated carbocycles. The summed E-state index contributed by atoms with van der Waals surface area (Å²) < 4.78 is 18.7. The predicted molar refractivity (Wildman–Crippen MR) is 88.9 cm³/mol. The number of amidine groups is 2. The number of nitrogens with one attached hydrogen (secondary N) is 1. The van der Waals surface area contributed by atoms with Crippen molar-refractivity contribution in [2.75, 3.05) is 0 Å². The average molecular weight is 337 g/mol. The third kappa shape index (κ3) is 2.65. The molecule has 0 unspecified atom stereocenters. The number of hydrogen-bond donors (Lipinski definition) is 1. The fourth-order valence-electron chi connectivity index (χ4n) is 2.54. The van der Waals surface area contributed by atoms with Crippen LogP contribution in [0.2, 0.25) is 0 Å². The number of rotatable bonds is 2. The molecular formula is C18H12FN3O3. The Hall–Kier alpha value is -3.48. The molecule has 0 fully saturated rings. The first-order valence-corrected chi connectivity index (χ1v) is 7.47. The molecule has 1 N–H and O–H groups in total. The lowest BCUT2D eigenvalue weighted by Gasteiger charge is -2.22. The lowest BCUT2D eigenvalue weighted by Crippen LogP contribution is -2.38. The summed E-state index contributed by atoms with van der Waals surface area (Å²) in [6, 6.07) is 9.26. The highest BCUT2D eigenvalue weighted by Gasteiger charge is 2.34. The zero-order valence-electron chi connectivity index (χ0n) is 13.1. The van der Waals surface area contributed by atoms with E-state index < -0.39 is 5.91 Å². The van der Waals surface area contributed by atoms with Gasteiger partial charge in [0.05, 0.1) is 5.57 Å². The van der Waals surface area contributed by atoms with Crippen LogP contribution in [0.25, 0.3) is 17.4 Å². The van der Waals surface area contributed by atoms with E-state index in [0.29, 0.717) is 22.8 Å². The molecule has 1 amide bonds. The van der Waals surface area contributed by atoms with Crippen LogP contribution in [0, 0.1) is 11.2 Å². The molecule has 1 aromatic heterocycles. The van der Waals surface area contributed by atoms with E-state index >= 15 is 0 Å². The highest BCUT2D eigenvalue weighted by molar-refractivity contribution is 6.32. The number of nitrogens with zero attached hydrogens (tertiary/aromatic N) is 2. The highest BCUT2D eigenvalue weighted by Crippen LogP contribution is 2.26. The van der Waals surface area contributed by atoms with E-state index in [1.807, 2.05) is 0 Å². The second kappa shape index (κ2) is 5.55. The molecule has 7 heteroatoms. The van der Waals surface area contributed by atoms with Crippen LogP contribution >= 0.6 is 0 Å². The lowest BCUT2D eigenvalue weighted by molar-refractivity contribution is -0.114. The third-order valence-electron chi connectivity index (χ3n) is 3.72. The van der Waals surface area contributed by atoms with Crippen LogP contribution in [0.5, 0.6) is 0 Å². The summed E-state index contributed by atoms with van der Waals surface area (Å²) in [6.45, 7) is 1.71. The summed E-state index contributed by atoms with van der Waals surface area (Å²) in [4.78, 5) is 21.4. The van der Waals surface area contributed by atoms with E-state index in [2.05, 4.69) is 4.99 Å². The second-order valence-corrected chi connectivity index (χ2v) is 5.53. The SMILES string of the molecule is CC1=CC2=NC(=O)C(=Cc3ccc(-c4ccc(F)cc4)o3)C(=N)N2O1. The molecular weight excluding hydrogens is 325 g/mol. The van der Waals surface area contributed by atoms with Gasteiger partial charge in [-0.05, 0) is 49.4 Å². The van der Waals surface area contributed by atoms with Gasteiger partial charge in [0.25, 0.3) is 5.91 Å². The minimum Gasteiger partial charge on any atom is -0.457 e. The van der Waals surface area contributed by atoms with Gasteiger partial charge < -0.3 is 9.25 Å². The largest absolute Gasteiger partial charge is 0.457 e. The molecule has 124 valence electrons. The number of benzene rings is 1. The van der Waals surface area contributed by atoms with Crippen molar-refractivity contribution in [1.82, 2.24) is 5.06 Å². The van der Waals surface area contributed by atoms with Crippen LogP contribution in [0.4, 0.5) is 4.39 Å². The van der Waals surface area contributed by atoms with Gasteiger partial charge in [-0.15, -0.1) is 5.06 Å². The van der Waals surface area contributed by atoms with Gasteiger partial charge in [0, 0.05) is 11.6 Å². The number of fused-ring (bicyclic) bond motifs is 1. The van der Waals surface area contributed by atoms with Gasteiger partial charge in [-0.25, -0.2) is 4.39 Å². The van der Waals surface area contributed by atoms with Crippen molar-refractivity contribution >= 4 is 23.7 Å². The van der Waals surface area contributed by atoms with E-state index in [-0.39, 0.29) is 23.1 Å². The Morgan fingerprint density at radius 2 is 1.96 bits per heavy atom. The van der Waals surface area contributed by atoms with Crippen LogP contribution < -0.4 is 0 Å². The van der Waals surface area contributed by atoms with Crippen LogP contribution in [0.1, 0.15) is 12.7 Å². The van der Waals surface area contributed by atoms with E-state index in [1.165, 1.54) is 23.3 Å². The maximum atomic E-state index is 13.0. The number of carbonyl (C=O) groups is 1. The Morgan fingerprint density at radius 1 is 1.20 bits per heavy atom. The van der Waals surface area contributed by atoms with E-state index in [1.54, 1.807) is 37.3 Å². The third-order valence-corrected chi connectivity index (χ3v) is 3.72. The van der Waals surface area contributed by atoms with Crippen molar-refractivity contribution in [1.29, 1.82) is 5.41 Å². The number of furan rings is 1. The number of carbonyl (C=O) groups excluding carboxylic acids is 1. The van der Waals surface area contributed by atoms with Gasteiger partial charge in [-0.1, -0.05) is 0 Å². The van der Waals surface area contributed by atoms with Crippen molar-refractivity contribution < 1.29 is 18.4 Å². The molecule has 3 heterocycles. The average Bonchev–Trinajstić information content (AvgIpc) is 3.18. The van der Waals surface area contributed by atoms with Gasteiger partial charge in [-0.3, -0.25) is 10.2 Å². The smallest absolute Gasteiger partial charge is 0.283 e. The first-order valence-electron chi connectivity index (χ1n) is 7.47. The monoisotopic (exact) mass is 337 g/mol. The highest BCUT2D eigenvalue weighted by atomic mass is 19.1. The van der Waals surface area contributed by atoms with Crippen molar-refractivity contribution in [3.63, 3.8) is 0 Å². The number of hydroxylamine groups is 2. The van der Waals surface area contributed by atoms with Crippen molar-refractivity contribution in [2.24, 2.45) is 4.99 Å². The lowest BCUT2D eigenvalue weighted by atomic mass is 10.1. The first kappa shape index (κ1) is 15.1. The van der Waals surface area contributed by atoms with E-state index in [9.17, 15) is 9.18 Å². The summed E-state index contributed by atoms with van der Waals surface area (Å²) in [5, 5.41) is 9.34. The molecule has 25 heavy (non-hydrogen) atoms. The zero-order chi connectivity index (χ0) is 17.6. The molecule has 0 bridgehead atoms. The molecule has 2 aromatic rings. The molecule has 6 nitrogen and oxygen atoms in total. The molecule has 1 aromatic carbocycles. The fourth-order valence-corrected chi connectivity index (χ4v) is 2.54. The zero-order valence-corrected chi connectivity index (χ0v) is 13.1. The molecule has 4 rings (SSSR count). The Bertz CT molecular complexity index is 983. The normalized spacial score (nSPS) is 18.2. The van der Waals surface area contributed by atoms with Crippen molar-refractivity contribution in [3.05, 3.63) is 65.4 Å². The Kier molecular flexibility index (Phi) is 3.35. The van der Waals surface area contributed by atoms with Crippen molar-refractivity contribution in [2.45, 2.75) is 6.92 Å². The van der Waals surface area contributed by atoms with E-state index in [0.717, 1.165) is 0 Å². The van der Waals surface area contributed by atoms with Crippen LogP contribution in [0.15, 0.2) is 63.2 Å².